The summed E-state index contributed by atoms with van der Waals surface area (Å²) in [6.45, 7) is 6.47. The van der Waals surface area contributed by atoms with Gasteiger partial charge in [0.2, 0.25) is 0 Å². The van der Waals surface area contributed by atoms with Gasteiger partial charge in [0.05, 0.1) is 12.6 Å². The van der Waals surface area contributed by atoms with Crippen LogP contribution in [-0.2, 0) is 16.1 Å². The standard InChI is InChI=1S/C12H18N2O2/c1-9(2)16-12(15)8-13-6-11-5-4-10(3)14-7-11/h4-5,7,9,13H,6,8H2,1-3H3. The SMILES string of the molecule is Cc1ccc(CNCC(=O)OC(C)C)cn1. The number of pyridine rings is 1. The number of nitrogens with one attached hydrogen (secondary N) is 1. The summed E-state index contributed by atoms with van der Waals surface area (Å²) in [5.41, 5.74) is 2.05. The highest BCUT2D eigenvalue weighted by atomic mass is 16.5. The molecule has 0 spiro atoms. The van der Waals surface area contributed by atoms with E-state index in [0.717, 1.165) is 11.3 Å². The van der Waals surface area contributed by atoms with Gasteiger partial charge in [-0.2, -0.15) is 0 Å². The summed E-state index contributed by atoms with van der Waals surface area (Å²) >= 11 is 0. The van der Waals surface area contributed by atoms with Crippen LogP contribution >= 0.6 is 0 Å². The minimum atomic E-state index is -0.227. The minimum Gasteiger partial charge on any atom is -0.462 e. The number of rotatable bonds is 5. The summed E-state index contributed by atoms with van der Waals surface area (Å²) in [5, 5.41) is 3.01. The molecule has 1 N–H and O–H groups in total. The molecule has 0 aliphatic carbocycles. The zero-order chi connectivity index (χ0) is 12.0. The molecule has 0 fully saturated rings. The van der Waals surface area contributed by atoms with Crippen LogP contribution in [0.5, 0.6) is 0 Å². The van der Waals surface area contributed by atoms with Crippen molar-refractivity contribution >= 4 is 5.97 Å². The molecule has 88 valence electrons. The molecule has 0 radical (unpaired) electrons. The Labute approximate surface area is 96.0 Å². The molecule has 0 aliphatic heterocycles. The smallest absolute Gasteiger partial charge is 0.320 e. The normalized spacial score (nSPS) is 10.5. The molecule has 1 aromatic rings. The summed E-state index contributed by atoms with van der Waals surface area (Å²) < 4.78 is 4.99. The maximum atomic E-state index is 11.2. The van der Waals surface area contributed by atoms with Gasteiger partial charge in [-0.25, -0.2) is 0 Å². The molecule has 1 rings (SSSR count). The molecular weight excluding hydrogens is 204 g/mol. The van der Waals surface area contributed by atoms with Gasteiger partial charge < -0.3 is 10.1 Å². The number of hydrogen-bond acceptors (Lipinski definition) is 4. The largest absolute Gasteiger partial charge is 0.462 e. The summed E-state index contributed by atoms with van der Waals surface area (Å²) in [7, 11) is 0. The van der Waals surface area contributed by atoms with Crippen LogP contribution in [0.2, 0.25) is 0 Å². The van der Waals surface area contributed by atoms with Crippen molar-refractivity contribution in [3.63, 3.8) is 0 Å². The fourth-order valence-electron chi connectivity index (χ4n) is 1.22. The van der Waals surface area contributed by atoms with Gasteiger partial charge in [0.1, 0.15) is 0 Å². The van der Waals surface area contributed by atoms with Crippen LogP contribution in [-0.4, -0.2) is 23.6 Å². The fraction of sp³-hybridized carbons (Fsp3) is 0.500. The third kappa shape index (κ3) is 4.89. The predicted octanol–water partition coefficient (Wildman–Crippen LogP) is 1.43. The Balaban J connectivity index is 2.25. The van der Waals surface area contributed by atoms with Crippen molar-refractivity contribution in [3.8, 4) is 0 Å². The van der Waals surface area contributed by atoms with Crippen LogP contribution in [0.1, 0.15) is 25.1 Å². The first-order chi connectivity index (χ1) is 7.58. The molecule has 0 saturated heterocycles. The number of aromatic nitrogens is 1. The highest BCUT2D eigenvalue weighted by molar-refractivity contribution is 5.71. The topological polar surface area (TPSA) is 51.2 Å². The lowest BCUT2D eigenvalue weighted by atomic mass is 10.2. The molecule has 0 saturated carbocycles. The van der Waals surface area contributed by atoms with Crippen molar-refractivity contribution in [2.24, 2.45) is 0 Å². The van der Waals surface area contributed by atoms with E-state index >= 15 is 0 Å². The Kier molecular flexibility index (Phi) is 4.92. The van der Waals surface area contributed by atoms with Crippen LogP contribution < -0.4 is 5.32 Å². The molecule has 4 heteroatoms. The lowest BCUT2D eigenvalue weighted by Crippen LogP contribution is -2.26. The second kappa shape index (κ2) is 6.23. The van der Waals surface area contributed by atoms with Crippen molar-refractivity contribution in [2.45, 2.75) is 33.4 Å². The number of nitrogens with zero attached hydrogens (tertiary/aromatic N) is 1. The average molecular weight is 222 g/mol. The zero-order valence-corrected chi connectivity index (χ0v) is 9.99. The number of hydrogen-bond donors (Lipinski definition) is 1. The van der Waals surface area contributed by atoms with E-state index in [-0.39, 0.29) is 18.6 Å². The van der Waals surface area contributed by atoms with Crippen LogP contribution in [0.15, 0.2) is 18.3 Å². The first-order valence-electron chi connectivity index (χ1n) is 5.39. The van der Waals surface area contributed by atoms with Gasteiger partial charge in [0.15, 0.2) is 0 Å². The Morgan fingerprint density at radius 1 is 1.50 bits per heavy atom. The molecule has 16 heavy (non-hydrogen) atoms. The van der Waals surface area contributed by atoms with E-state index in [9.17, 15) is 4.79 Å². The number of carbonyl (C=O) groups is 1. The van der Waals surface area contributed by atoms with E-state index in [2.05, 4.69) is 10.3 Å². The third-order valence-electron chi connectivity index (χ3n) is 1.94. The van der Waals surface area contributed by atoms with Gasteiger partial charge >= 0.3 is 5.97 Å². The minimum absolute atomic E-state index is 0.0599. The first kappa shape index (κ1) is 12.6. The first-order valence-corrected chi connectivity index (χ1v) is 5.39. The Hall–Kier alpha value is -1.42. The molecular formula is C12H18N2O2. The second-order valence-corrected chi connectivity index (χ2v) is 3.95. The van der Waals surface area contributed by atoms with Gasteiger partial charge in [-0.15, -0.1) is 0 Å². The van der Waals surface area contributed by atoms with Crippen molar-refractivity contribution < 1.29 is 9.53 Å². The van der Waals surface area contributed by atoms with Crippen molar-refractivity contribution in [1.29, 1.82) is 0 Å². The molecule has 1 aromatic heterocycles. The predicted molar refractivity (Wildman–Crippen MR) is 61.9 cm³/mol. The zero-order valence-electron chi connectivity index (χ0n) is 9.99. The maximum Gasteiger partial charge on any atom is 0.320 e. The highest BCUT2D eigenvalue weighted by Gasteiger charge is 2.04. The fourth-order valence-corrected chi connectivity index (χ4v) is 1.22. The second-order valence-electron chi connectivity index (χ2n) is 3.95. The van der Waals surface area contributed by atoms with Gasteiger partial charge in [-0.1, -0.05) is 6.07 Å². The average Bonchev–Trinajstić information content (AvgIpc) is 2.20. The Morgan fingerprint density at radius 3 is 2.81 bits per heavy atom. The molecule has 0 aliphatic rings. The molecule has 0 amide bonds. The monoisotopic (exact) mass is 222 g/mol. The van der Waals surface area contributed by atoms with Crippen molar-refractivity contribution in [2.75, 3.05) is 6.54 Å². The molecule has 0 unspecified atom stereocenters. The quantitative estimate of drug-likeness (QED) is 0.766. The van der Waals surface area contributed by atoms with Gasteiger partial charge in [0, 0.05) is 18.4 Å². The third-order valence-corrected chi connectivity index (χ3v) is 1.94. The van der Waals surface area contributed by atoms with E-state index in [1.165, 1.54) is 0 Å². The van der Waals surface area contributed by atoms with E-state index < -0.39 is 0 Å². The van der Waals surface area contributed by atoms with E-state index in [0.29, 0.717) is 6.54 Å². The summed E-state index contributed by atoms with van der Waals surface area (Å²) in [5.74, 6) is -0.227. The van der Waals surface area contributed by atoms with Crippen molar-refractivity contribution in [1.82, 2.24) is 10.3 Å². The molecule has 4 nitrogen and oxygen atoms in total. The highest BCUT2D eigenvalue weighted by Crippen LogP contribution is 1.98. The van der Waals surface area contributed by atoms with Crippen LogP contribution in [0.3, 0.4) is 0 Å². The number of carbonyl (C=O) groups excluding carboxylic acids is 1. The van der Waals surface area contributed by atoms with E-state index in [1.54, 1.807) is 6.20 Å². The van der Waals surface area contributed by atoms with Crippen LogP contribution in [0, 0.1) is 6.92 Å². The molecule has 0 aromatic carbocycles. The van der Waals surface area contributed by atoms with Crippen LogP contribution in [0.4, 0.5) is 0 Å². The summed E-state index contributed by atoms with van der Waals surface area (Å²) in [6, 6.07) is 3.94. The number of ether oxygens (including phenoxy) is 1. The summed E-state index contributed by atoms with van der Waals surface area (Å²) in [6.07, 6.45) is 1.74. The number of aryl methyl sites for hydroxylation is 1. The maximum absolute atomic E-state index is 11.2. The van der Waals surface area contributed by atoms with E-state index in [1.807, 2.05) is 32.9 Å². The van der Waals surface area contributed by atoms with Crippen molar-refractivity contribution in [3.05, 3.63) is 29.6 Å². The Bertz CT molecular complexity index is 333. The Morgan fingerprint density at radius 2 is 2.25 bits per heavy atom. The van der Waals surface area contributed by atoms with Gasteiger partial charge in [0.25, 0.3) is 0 Å². The van der Waals surface area contributed by atoms with E-state index in [4.69, 9.17) is 4.74 Å². The van der Waals surface area contributed by atoms with Gasteiger partial charge in [-0.05, 0) is 32.4 Å². The van der Waals surface area contributed by atoms with Crippen LogP contribution in [0.25, 0.3) is 0 Å². The number of esters is 1. The molecule has 0 atom stereocenters. The lowest BCUT2D eigenvalue weighted by molar-refractivity contribution is -0.146. The lowest BCUT2D eigenvalue weighted by Gasteiger charge is -2.08. The molecule has 1 heterocycles. The summed E-state index contributed by atoms with van der Waals surface area (Å²) in [4.78, 5) is 15.4. The van der Waals surface area contributed by atoms with Gasteiger partial charge in [-0.3, -0.25) is 9.78 Å². The molecule has 0 bridgehead atoms.